The topological polar surface area (TPSA) is 159 Å². The van der Waals surface area contributed by atoms with E-state index in [1.807, 2.05) is 0 Å². The third-order valence-electron chi connectivity index (χ3n) is 3.68. The molecule has 0 amide bonds. The van der Waals surface area contributed by atoms with Crippen LogP contribution in [-0.4, -0.2) is 56.8 Å². The first-order chi connectivity index (χ1) is 13.8. The fourth-order valence-corrected chi connectivity index (χ4v) is 3.01. The van der Waals surface area contributed by atoms with Crippen LogP contribution in [0.4, 0.5) is 5.69 Å². The number of carbonyl (C=O) groups is 2. The summed E-state index contributed by atoms with van der Waals surface area (Å²) in [5.41, 5.74) is -0.248. The van der Waals surface area contributed by atoms with Crippen molar-refractivity contribution < 1.29 is 41.7 Å². The predicted molar refractivity (Wildman–Crippen MR) is 105 cm³/mol. The molecule has 1 aromatic carbocycles. The van der Waals surface area contributed by atoms with Crippen molar-refractivity contribution in [2.45, 2.75) is 44.8 Å². The number of non-ortho nitro benzene ring substituents is 1. The molecule has 30 heavy (non-hydrogen) atoms. The van der Waals surface area contributed by atoms with Gasteiger partial charge in [-0.3, -0.25) is 14.3 Å². The molecule has 0 aliphatic rings. The molecule has 1 aromatic rings. The summed E-state index contributed by atoms with van der Waals surface area (Å²) >= 11 is 0. The second-order valence-electron chi connectivity index (χ2n) is 6.70. The summed E-state index contributed by atoms with van der Waals surface area (Å²) in [4.78, 5) is 31.6. The lowest BCUT2D eigenvalue weighted by Gasteiger charge is -2.18. The van der Waals surface area contributed by atoms with E-state index >= 15 is 0 Å². The number of nitrogens with zero attached hydrogens (tertiary/aromatic N) is 1. The Balaban J connectivity index is 0.000000787. The van der Waals surface area contributed by atoms with Gasteiger partial charge in [0.15, 0.2) is 12.2 Å². The second kappa shape index (κ2) is 12.2. The Morgan fingerprint density at radius 1 is 0.967 bits per heavy atom. The van der Waals surface area contributed by atoms with Crippen molar-refractivity contribution in [3.8, 4) is 0 Å². The summed E-state index contributed by atoms with van der Waals surface area (Å²) in [6.07, 6.45) is -2.26. The molecule has 0 saturated carbocycles. The van der Waals surface area contributed by atoms with Crippen molar-refractivity contribution in [1.82, 2.24) is 0 Å². The third-order valence-corrected chi connectivity index (χ3v) is 4.99. The minimum absolute atomic E-state index is 0.0718. The molecule has 1 N–H and O–H groups in total. The lowest BCUT2D eigenvalue weighted by molar-refractivity contribution is -0.384. The summed E-state index contributed by atoms with van der Waals surface area (Å²) in [5.74, 6) is -1.87. The van der Waals surface area contributed by atoms with Crippen LogP contribution in [0.3, 0.4) is 0 Å². The number of esters is 2. The molecule has 0 saturated heterocycles. The number of nitro benzene ring substituents is 1. The maximum atomic E-state index is 12.0. The molecule has 2 atom stereocenters. The highest BCUT2D eigenvalue weighted by atomic mass is 32.2. The first kappa shape index (κ1) is 27.4. The number of aliphatic hydroxyl groups is 1. The fraction of sp³-hybridized carbons (Fsp3) is 0.556. The molecule has 11 nitrogen and oxygen atoms in total. The van der Waals surface area contributed by atoms with Crippen molar-refractivity contribution in [2.24, 2.45) is 11.8 Å². The second-order valence-corrected chi connectivity index (χ2v) is 8.27. The maximum absolute atomic E-state index is 12.0. The number of nitro groups is 1. The Kier molecular flexibility index (Phi) is 11.2. The molecule has 0 aromatic heterocycles. The quantitative estimate of drug-likeness (QED) is 0.268. The van der Waals surface area contributed by atoms with Gasteiger partial charge in [-0.2, -0.15) is 8.42 Å². The summed E-state index contributed by atoms with van der Waals surface area (Å²) in [5, 5.41) is 19.4. The van der Waals surface area contributed by atoms with Crippen LogP contribution >= 0.6 is 0 Å². The Hall–Kier alpha value is -2.57. The Morgan fingerprint density at radius 3 is 1.73 bits per heavy atom. The van der Waals surface area contributed by atoms with E-state index in [9.17, 15) is 28.1 Å². The molecule has 12 heteroatoms. The van der Waals surface area contributed by atoms with E-state index in [1.54, 1.807) is 27.7 Å². The van der Waals surface area contributed by atoms with E-state index in [2.05, 4.69) is 9.47 Å². The SMILES string of the molecule is COC(=O)C(O)C(C)C.COC(=O)C(OS(=O)(=O)c1ccc([N+](=O)[O-])cc1)C(C)C. The molecule has 1 rings (SSSR count). The summed E-state index contributed by atoms with van der Waals surface area (Å²) in [7, 11) is -1.84. The van der Waals surface area contributed by atoms with E-state index in [0.29, 0.717) is 0 Å². The van der Waals surface area contributed by atoms with Gasteiger partial charge in [0.25, 0.3) is 15.8 Å². The molecule has 0 spiro atoms. The summed E-state index contributed by atoms with van der Waals surface area (Å²) < 4.78 is 37.7. The normalized spacial score (nSPS) is 13.1. The molecule has 0 aliphatic carbocycles. The van der Waals surface area contributed by atoms with Gasteiger partial charge in [-0.15, -0.1) is 0 Å². The van der Waals surface area contributed by atoms with Gasteiger partial charge in [-0.05, 0) is 24.0 Å². The van der Waals surface area contributed by atoms with Gasteiger partial charge in [0, 0.05) is 12.1 Å². The monoisotopic (exact) mass is 449 g/mol. The zero-order chi connectivity index (χ0) is 23.6. The van der Waals surface area contributed by atoms with Crippen molar-refractivity contribution in [1.29, 1.82) is 0 Å². The number of hydrogen-bond donors (Lipinski definition) is 1. The highest BCUT2D eigenvalue weighted by Gasteiger charge is 2.31. The molecule has 0 heterocycles. The highest BCUT2D eigenvalue weighted by molar-refractivity contribution is 7.86. The summed E-state index contributed by atoms with van der Waals surface area (Å²) in [6.45, 7) is 6.71. The van der Waals surface area contributed by atoms with Crippen LogP contribution in [0.5, 0.6) is 0 Å². The lowest BCUT2D eigenvalue weighted by Crippen LogP contribution is -2.33. The molecule has 0 radical (unpaired) electrons. The Bertz CT molecular complexity index is 818. The Labute approximate surface area is 175 Å². The number of carbonyl (C=O) groups excluding carboxylic acids is 2. The van der Waals surface area contributed by atoms with E-state index in [-0.39, 0.29) is 16.5 Å². The van der Waals surface area contributed by atoms with Gasteiger partial charge in [0.2, 0.25) is 0 Å². The van der Waals surface area contributed by atoms with E-state index < -0.39 is 45.1 Å². The molecule has 0 fully saturated rings. The van der Waals surface area contributed by atoms with Gasteiger partial charge in [0.1, 0.15) is 0 Å². The van der Waals surface area contributed by atoms with Crippen LogP contribution in [0.1, 0.15) is 27.7 Å². The zero-order valence-corrected chi connectivity index (χ0v) is 18.4. The molecule has 170 valence electrons. The summed E-state index contributed by atoms with van der Waals surface area (Å²) in [6, 6.07) is 4.17. The van der Waals surface area contributed by atoms with Gasteiger partial charge in [-0.25, -0.2) is 9.59 Å². The molecular formula is C18H27NO10S. The van der Waals surface area contributed by atoms with E-state index in [0.717, 1.165) is 31.4 Å². The minimum atomic E-state index is -4.23. The van der Waals surface area contributed by atoms with E-state index in [4.69, 9.17) is 9.29 Å². The number of benzene rings is 1. The highest BCUT2D eigenvalue weighted by Crippen LogP contribution is 2.21. The van der Waals surface area contributed by atoms with Gasteiger partial charge >= 0.3 is 11.9 Å². The largest absolute Gasteiger partial charge is 0.467 e. The van der Waals surface area contributed by atoms with Crippen LogP contribution in [-0.2, 0) is 33.4 Å². The first-order valence-corrected chi connectivity index (χ1v) is 10.2. The number of ether oxygens (including phenoxy) is 2. The average Bonchev–Trinajstić information content (AvgIpc) is 2.70. The van der Waals surface area contributed by atoms with Crippen LogP contribution in [0.2, 0.25) is 0 Å². The van der Waals surface area contributed by atoms with Crippen molar-refractivity contribution in [2.75, 3.05) is 14.2 Å². The standard InChI is InChI=1S/C12H15NO7S.C6H12O3/c1-8(2)11(12(14)19-3)20-21(17,18)10-6-4-9(5-7-10)13(15)16;1-4(2)5(7)6(8)9-3/h4-8,11H,1-3H3;4-5,7H,1-3H3. The van der Waals surface area contributed by atoms with Gasteiger partial charge < -0.3 is 14.6 Å². The van der Waals surface area contributed by atoms with Crippen LogP contribution in [0, 0.1) is 22.0 Å². The minimum Gasteiger partial charge on any atom is -0.467 e. The number of methoxy groups -OCH3 is 2. The smallest absolute Gasteiger partial charge is 0.336 e. The Morgan fingerprint density at radius 2 is 1.43 bits per heavy atom. The van der Waals surface area contributed by atoms with Crippen molar-refractivity contribution >= 4 is 27.7 Å². The zero-order valence-electron chi connectivity index (χ0n) is 17.6. The van der Waals surface area contributed by atoms with Gasteiger partial charge in [0.05, 0.1) is 24.0 Å². The van der Waals surface area contributed by atoms with Crippen molar-refractivity contribution in [3.05, 3.63) is 34.4 Å². The fourth-order valence-electron chi connectivity index (χ4n) is 1.86. The first-order valence-electron chi connectivity index (χ1n) is 8.79. The number of rotatable bonds is 8. The maximum Gasteiger partial charge on any atom is 0.336 e. The van der Waals surface area contributed by atoms with Crippen molar-refractivity contribution in [3.63, 3.8) is 0 Å². The molecule has 0 bridgehead atoms. The number of aliphatic hydroxyl groups excluding tert-OH is 1. The molecular weight excluding hydrogens is 422 g/mol. The van der Waals surface area contributed by atoms with Crippen LogP contribution < -0.4 is 0 Å². The molecule has 2 unspecified atom stereocenters. The van der Waals surface area contributed by atoms with Crippen LogP contribution in [0.15, 0.2) is 29.2 Å². The molecule has 0 aliphatic heterocycles. The van der Waals surface area contributed by atoms with Crippen LogP contribution in [0.25, 0.3) is 0 Å². The number of hydrogen-bond acceptors (Lipinski definition) is 10. The predicted octanol–water partition coefficient (Wildman–Crippen LogP) is 1.67. The van der Waals surface area contributed by atoms with E-state index in [1.165, 1.54) is 7.11 Å². The van der Waals surface area contributed by atoms with Gasteiger partial charge in [-0.1, -0.05) is 27.7 Å². The third kappa shape index (κ3) is 8.43. The average molecular weight is 449 g/mol. The lowest BCUT2D eigenvalue weighted by atomic mass is 10.1.